The highest BCUT2D eigenvalue weighted by molar-refractivity contribution is 5.85. The average Bonchev–Trinajstić information content (AvgIpc) is 3.00. The number of benzene rings is 1. The summed E-state index contributed by atoms with van der Waals surface area (Å²) in [5, 5.41) is 0. The normalized spacial score (nSPS) is 17.9. The smallest absolute Gasteiger partial charge is 0.227 e. The molecule has 0 aliphatic heterocycles. The third-order valence-corrected chi connectivity index (χ3v) is 4.64. The molecule has 2 N–H and O–H groups in total. The van der Waals surface area contributed by atoms with Crippen LogP contribution >= 0.6 is 12.4 Å². The monoisotopic (exact) mass is 324 g/mol. The Hall–Kier alpha value is -1.06. The van der Waals surface area contributed by atoms with E-state index in [0.717, 1.165) is 18.4 Å². The summed E-state index contributed by atoms with van der Waals surface area (Å²) in [5.74, 6) is 0.0173. The summed E-state index contributed by atoms with van der Waals surface area (Å²) in [6.07, 6.45) is 4.75. The van der Waals surface area contributed by atoms with Crippen LogP contribution in [0.3, 0.4) is 0 Å². The molecule has 2 atom stereocenters. The van der Waals surface area contributed by atoms with E-state index in [4.69, 9.17) is 5.73 Å². The van der Waals surface area contributed by atoms with Crippen molar-refractivity contribution in [2.24, 2.45) is 11.7 Å². The van der Waals surface area contributed by atoms with Gasteiger partial charge in [0.2, 0.25) is 5.91 Å². The first-order valence-electron chi connectivity index (χ1n) is 8.15. The number of amides is 1. The van der Waals surface area contributed by atoms with E-state index >= 15 is 0 Å². The van der Waals surface area contributed by atoms with Gasteiger partial charge < -0.3 is 10.6 Å². The Morgan fingerprint density at radius 3 is 2.18 bits per heavy atom. The van der Waals surface area contributed by atoms with Gasteiger partial charge in [0, 0.05) is 18.1 Å². The van der Waals surface area contributed by atoms with Crippen molar-refractivity contribution in [2.45, 2.75) is 64.6 Å². The molecule has 4 heteroatoms. The molecule has 0 saturated heterocycles. The lowest BCUT2D eigenvalue weighted by atomic mass is 9.93. The summed E-state index contributed by atoms with van der Waals surface area (Å²) in [4.78, 5) is 15.0. The van der Waals surface area contributed by atoms with Crippen LogP contribution in [-0.2, 0) is 4.79 Å². The maximum atomic E-state index is 12.9. The molecule has 1 aromatic carbocycles. The topological polar surface area (TPSA) is 46.3 Å². The molecule has 0 spiro atoms. The number of carbonyl (C=O) groups is 1. The minimum Gasteiger partial charge on any atom is -0.337 e. The lowest BCUT2D eigenvalue weighted by molar-refractivity contribution is -0.140. The second-order valence-corrected chi connectivity index (χ2v) is 6.50. The Kier molecular flexibility index (Phi) is 7.37. The van der Waals surface area contributed by atoms with Crippen LogP contribution in [0.1, 0.15) is 58.1 Å². The van der Waals surface area contributed by atoms with E-state index < -0.39 is 0 Å². The Balaban J connectivity index is 0.00000242. The zero-order chi connectivity index (χ0) is 15.4. The molecular weight excluding hydrogens is 296 g/mol. The van der Waals surface area contributed by atoms with Crippen LogP contribution < -0.4 is 5.73 Å². The van der Waals surface area contributed by atoms with Crippen molar-refractivity contribution in [3.63, 3.8) is 0 Å². The molecule has 1 aliphatic rings. The molecule has 1 saturated carbocycles. The van der Waals surface area contributed by atoms with Crippen LogP contribution in [0.25, 0.3) is 0 Å². The Bertz CT molecular complexity index is 457. The van der Waals surface area contributed by atoms with Crippen molar-refractivity contribution >= 4 is 18.3 Å². The highest BCUT2D eigenvalue weighted by Crippen LogP contribution is 2.29. The molecule has 0 heterocycles. The predicted octanol–water partition coefficient (Wildman–Crippen LogP) is 3.92. The molecular formula is C18H29ClN2O. The van der Waals surface area contributed by atoms with Gasteiger partial charge in [0.05, 0.1) is 5.92 Å². The standard InChI is InChI=1S/C18H28N2O.ClH/c1-13(2)20(16-11-7-8-12-16)18(21)14(3)17(19)15-9-5-4-6-10-15;/h4-6,9-10,13-14,16-17H,7-8,11-12,19H2,1-3H3;1H. The van der Waals surface area contributed by atoms with Crippen molar-refractivity contribution < 1.29 is 4.79 Å². The summed E-state index contributed by atoms with van der Waals surface area (Å²) in [6, 6.07) is 10.3. The Morgan fingerprint density at radius 1 is 1.14 bits per heavy atom. The number of halogens is 1. The SMILES string of the molecule is CC(C(=O)N(C(C)C)C1CCCC1)C(N)c1ccccc1.Cl. The molecule has 1 aromatic rings. The van der Waals surface area contributed by atoms with Crippen molar-refractivity contribution in [2.75, 3.05) is 0 Å². The largest absolute Gasteiger partial charge is 0.337 e. The number of hydrogen-bond acceptors (Lipinski definition) is 2. The van der Waals surface area contributed by atoms with Gasteiger partial charge in [-0.2, -0.15) is 0 Å². The number of hydrogen-bond donors (Lipinski definition) is 1. The summed E-state index contributed by atoms with van der Waals surface area (Å²) in [7, 11) is 0. The summed E-state index contributed by atoms with van der Waals surface area (Å²) >= 11 is 0. The lowest BCUT2D eigenvalue weighted by Crippen LogP contribution is -2.48. The van der Waals surface area contributed by atoms with E-state index in [-0.39, 0.29) is 36.3 Å². The zero-order valence-electron chi connectivity index (χ0n) is 13.9. The molecule has 2 unspecified atom stereocenters. The third kappa shape index (κ3) is 4.23. The van der Waals surface area contributed by atoms with E-state index in [9.17, 15) is 4.79 Å². The minimum absolute atomic E-state index is 0. The lowest BCUT2D eigenvalue weighted by Gasteiger charge is -2.36. The van der Waals surface area contributed by atoms with E-state index in [1.165, 1.54) is 12.8 Å². The van der Waals surface area contributed by atoms with Gasteiger partial charge in [0.1, 0.15) is 0 Å². The molecule has 0 aromatic heterocycles. The minimum atomic E-state index is -0.235. The summed E-state index contributed by atoms with van der Waals surface area (Å²) in [6.45, 7) is 6.18. The second kappa shape index (κ2) is 8.54. The fourth-order valence-corrected chi connectivity index (χ4v) is 3.39. The van der Waals surface area contributed by atoms with Gasteiger partial charge in [-0.25, -0.2) is 0 Å². The molecule has 0 radical (unpaired) electrons. The molecule has 0 bridgehead atoms. The number of nitrogens with zero attached hydrogens (tertiary/aromatic N) is 1. The first-order valence-corrected chi connectivity index (χ1v) is 8.15. The summed E-state index contributed by atoms with van der Waals surface area (Å²) in [5.41, 5.74) is 7.36. The molecule has 2 rings (SSSR count). The molecule has 124 valence electrons. The first-order chi connectivity index (χ1) is 10.0. The summed E-state index contributed by atoms with van der Waals surface area (Å²) < 4.78 is 0. The second-order valence-electron chi connectivity index (χ2n) is 6.50. The van der Waals surface area contributed by atoms with Crippen LogP contribution in [0.5, 0.6) is 0 Å². The quantitative estimate of drug-likeness (QED) is 0.892. The van der Waals surface area contributed by atoms with Gasteiger partial charge >= 0.3 is 0 Å². The van der Waals surface area contributed by atoms with Gasteiger partial charge in [-0.3, -0.25) is 4.79 Å². The number of rotatable bonds is 5. The molecule has 1 amide bonds. The highest BCUT2D eigenvalue weighted by Gasteiger charge is 2.33. The molecule has 22 heavy (non-hydrogen) atoms. The fraction of sp³-hybridized carbons (Fsp3) is 0.611. The van der Waals surface area contributed by atoms with E-state index in [2.05, 4.69) is 18.7 Å². The van der Waals surface area contributed by atoms with Gasteiger partial charge in [-0.1, -0.05) is 50.1 Å². The molecule has 1 aliphatic carbocycles. The van der Waals surface area contributed by atoms with Crippen molar-refractivity contribution in [3.05, 3.63) is 35.9 Å². The Morgan fingerprint density at radius 2 is 1.68 bits per heavy atom. The van der Waals surface area contributed by atoms with Crippen molar-refractivity contribution in [3.8, 4) is 0 Å². The fourth-order valence-electron chi connectivity index (χ4n) is 3.39. The van der Waals surface area contributed by atoms with E-state index in [0.29, 0.717) is 6.04 Å². The van der Waals surface area contributed by atoms with E-state index in [1.807, 2.05) is 37.3 Å². The highest BCUT2D eigenvalue weighted by atomic mass is 35.5. The average molecular weight is 325 g/mol. The van der Waals surface area contributed by atoms with Crippen LogP contribution in [0.4, 0.5) is 0 Å². The van der Waals surface area contributed by atoms with Crippen LogP contribution in [0, 0.1) is 5.92 Å². The Labute approximate surface area is 140 Å². The van der Waals surface area contributed by atoms with Crippen LogP contribution in [-0.4, -0.2) is 22.9 Å². The van der Waals surface area contributed by atoms with Crippen LogP contribution in [0.2, 0.25) is 0 Å². The number of nitrogens with two attached hydrogens (primary N) is 1. The third-order valence-electron chi connectivity index (χ3n) is 4.64. The van der Waals surface area contributed by atoms with Gasteiger partial charge in [0.15, 0.2) is 0 Å². The van der Waals surface area contributed by atoms with Gasteiger partial charge in [-0.05, 0) is 32.3 Å². The number of carbonyl (C=O) groups excluding carboxylic acids is 1. The predicted molar refractivity (Wildman–Crippen MR) is 94.0 cm³/mol. The van der Waals surface area contributed by atoms with Gasteiger partial charge in [-0.15, -0.1) is 12.4 Å². The first kappa shape index (κ1) is 19.0. The van der Waals surface area contributed by atoms with Crippen molar-refractivity contribution in [1.29, 1.82) is 0 Å². The van der Waals surface area contributed by atoms with Gasteiger partial charge in [0.25, 0.3) is 0 Å². The maximum Gasteiger partial charge on any atom is 0.227 e. The molecule has 1 fully saturated rings. The van der Waals surface area contributed by atoms with Crippen molar-refractivity contribution in [1.82, 2.24) is 4.90 Å². The zero-order valence-corrected chi connectivity index (χ0v) is 14.7. The maximum absolute atomic E-state index is 12.9. The van der Waals surface area contributed by atoms with E-state index in [1.54, 1.807) is 0 Å². The molecule has 3 nitrogen and oxygen atoms in total. The van der Waals surface area contributed by atoms with Crippen LogP contribution in [0.15, 0.2) is 30.3 Å².